The van der Waals surface area contributed by atoms with E-state index in [2.05, 4.69) is 16.8 Å². The summed E-state index contributed by atoms with van der Waals surface area (Å²) < 4.78 is 28.9. The fourth-order valence-electron chi connectivity index (χ4n) is 5.27. The van der Waals surface area contributed by atoms with Crippen LogP contribution in [0.2, 0.25) is 0 Å². The second-order valence-electron chi connectivity index (χ2n) is 9.16. The number of aromatic hydroxyl groups is 1. The van der Waals surface area contributed by atoms with E-state index in [4.69, 9.17) is 0 Å². The zero-order valence-electron chi connectivity index (χ0n) is 19.9. The van der Waals surface area contributed by atoms with Crippen LogP contribution in [0.3, 0.4) is 0 Å². The van der Waals surface area contributed by atoms with Gasteiger partial charge in [-0.3, -0.25) is 19.3 Å². The van der Waals surface area contributed by atoms with Gasteiger partial charge >= 0.3 is 0 Å². The van der Waals surface area contributed by atoms with E-state index in [1.54, 1.807) is 4.90 Å². The maximum atomic E-state index is 14.1. The fourth-order valence-corrected chi connectivity index (χ4v) is 6.14. The van der Waals surface area contributed by atoms with Crippen molar-refractivity contribution in [1.82, 2.24) is 19.8 Å². The molecule has 1 atom stereocenters. The highest BCUT2D eigenvalue weighted by Crippen LogP contribution is 2.42. The Morgan fingerprint density at radius 3 is 2.72 bits per heavy atom. The minimum atomic E-state index is -0.737. The van der Waals surface area contributed by atoms with Gasteiger partial charge in [0.05, 0.1) is 5.56 Å². The summed E-state index contributed by atoms with van der Waals surface area (Å²) in [7, 11) is 1.83. The summed E-state index contributed by atoms with van der Waals surface area (Å²) in [6.07, 6.45) is 4.62. The first-order valence-corrected chi connectivity index (χ1v) is 12.5. The molecule has 0 bridgehead atoms. The van der Waals surface area contributed by atoms with Gasteiger partial charge in [-0.25, -0.2) is 8.78 Å². The Labute approximate surface area is 210 Å². The highest BCUT2D eigenvalue weighted by Gasteiger charge is 2.50. The van der Waals surface area contributed by atoms with Crippen molar-refractivity contribution >= 4 is 17.2 Å². The van der Waals surface area contributed by atoms with Crippen LogP contribution in [-0.4, -0.2) is 50.0 Å². The largest absolute Gasteiger partial charge is 0.502 e. The number of halogens is 2. The minimum Gasteiger partial charge on any atom is -0.502 e. The smallest absolute Gasteiger partial charge is 0.278 e. The molecule has 0 saturated heterocycles. The molecule has 1 saturated carbocycles. The third kappa shape index (κ3) is 3.69. The molecule has 1 amide bonds. The molecule has 5 rings (SSSR count). The van der Waals surface area contributed by atoms with Gasteiger partial charge < -0.3 is 10.0 Å². The lowest BCUT2D eigenvalue weighted by atomic mass is 9.83. The van der Waals surface area contributed by atoms with Crippen molar-refractivity contribution in [3.63, 3.8) is 0 Å². The number of carbonyl (C=O) groups is 1. The predicted octanol–water partition coefficient (Wildman–Crippen LogP) is 3.81. The Morgan fingerprint density at radius 2 is 2.03 bits per heavy atom. The van der Waals surface area contributed by atoms with Crippen molar-refractivity contribution in [3.05, 3.63) is 74.7 Å². The molecular formula is C25H25F2N5O3S. The Balaban J connectivity index is 1.58. The lowest BCUT2D eigenvalue weighted by Gasteiger charge is -2.56. The molecule has 0 radical (unpaired) electrons. The van der Waals surface area contributed by atoms with Crippen LogP contribution in [0.1, 0.15) is 53.7 Å². The molecule has 1 aliphatic carbocycles. The Bertz CT molecular complexity index is 1450. The molecule has 1 N–H and O–H groups in total. The maximum absolute atomic E-state index is 14.1. The van der Waals surface area contributed by atoms with Gasteiger partial charge in [0.1, 0.15) is 22.3 Å². The van der Waals surface area contributed by atoms with E-state index in [1.165, 1.54) is 16.9 Å². The zero-order chi connectivity index (χ0) is 25.8. The first-order chi connectivity index (χ1) is 17.2. The zero-order valence-corrected chi connectivity index (χ0v) is 20.7. The standard InChI is InChI=1S/C25H25F2N5O3S/c1-4-31-24(35)20-22(34)21(33)17(13-32(20)30(3)25(31)9-5-6-14(2)12-25)23-29-28-19(36-23)10-15-7-8-16(26)11-18(15)27/h7-8,11,13,34H,2,4-6,9-10,12H2,1,3H3. The molecule has 3 aromatic rings. The molecule has 11 heteroatoms. The number of nitrogens with zero attached hydrogens (tertiary/aromatic N) is 5. The number of hydrogen-bond acceptors (Lipinski definition) is 7. The van der Waals surface area contributed by atoms with E-state index in [0.29, 0.717) is 18.0 Å². The first-order valence-electron chi connectivity index (χ1n) is 11.6. The molecule has 3 heterocycles. The Kier molecular flexibility index (Phi) is 5.90. The average Bonchev–Trinajstić information content (AvgIpc) is 3.30. The second-order valence-corrected chi connectivity index (χ2v) is 10.2. The molecule has 1 aromatic carbocycles. The lowest BCUT2D eigenvalue weighted by molar-refractivity contribution is 0.0218. The second kappa shape index (κ2) is 8.81. The Morgan fingerprint density at radius 1 is 1.25 bits per heavy atom. The summed E-state index contributed by atoms with van der Waals surface area (Å²) >= 11 is 1.07. The summed E-state index contributed by atoms with van der Waals surface area (Å²) in [5, 5.41) is 21.6. The third-order valence-electron chi connectivity index (χ3n) is 7.05. The SMILES string of the molecule is C=C1CCCC2(C1)N(CC)C(=O)c1c(O)c(=O)c(-c3nnc(Cc4ccc(F)cc4F)s3)cn1N2C. The number of benzene rings is 1. The molecule has 1 spiro atoms. The van der Waals surface area contributed by atoms with Crippen molar-refractivity contribution in [2.75, 3.05) is 18.6 Å². The number of aromatic nitrogens is 3. The third-order valence-corrected chi connectivity index (χ3v) is 8.01. The highest BCUT2D eigenvalue weighted by atomic mass is 32.1. The minimum absolute atomic E-state index is 0.0666. The summed E-state index contributed by atoms with van der Waals surface area (Å²) in [5.74, 6) is -2.45. The van der Waals surface area contributed by atoms with E-state index in [9.17, 15) is 23.5 Å². The molecule has 1 fully saturated rings. The number of rotatable bonds is 4. The van der Waals surface area contributed by atoms with Gasteiger partial charge in [0, 0.05) is 38.7 Å². The van der Waals surface area contributed by atoms with Gasteiger partial charge in [-0.2, -0.15) is 0 Å². The monoisotopic (exact) mass is 513 g/mol. The van der Waals surface area contributed by atoms with Gasteiger partial charge in [0.15, 0.2) is 16.5 Å². The van der Waals surface area contributed by atoms with E-state index in [-0.39, 0.29) is 28.2 Å². The molecule has 2 aliphatic rings. The van der Waals surface area contributed by atoms with Crippen molar-refractivity contribution in [2.45, 2.75) is 44.7 Å². The first kappa shape index (κ1) is 24.1. The Hall–Kier alpha value is -3.60. The molecule has 36 heavy (non-hydrogen) atoms. The number of amides is 1. The van der Waals surface area contributed by atoms with Crippen molar-refractivity contribution < 1.29 is 18.7 Å². The lowest BCUT2D eigenvalue weighted by Crippen LogP contribution is -2.69. The molecular weight excluding hydrogens is 488 g/mol. The van der Waals surface area contributed by atoms with Gasteiger partial charge in [0.25, 0.3) is 5.91 Å². The van der Waals surface area contributed by atoms with Gasteiger partial charge in [-0.1, -0.05) is 29.6 Å². The van der Waals surface area contributed by atoms with Crippen LogP contribution in [0.4, 0.5) is 8.78 Å². The van der Waals surface area contributed by atoms with Gasteiger partial charge in [0.2, 0.25) is 5.43 Å². The van der Waals surface area contributed by atoms with Crippen LogP contribution < -0.4 is 10.4 Å². The fraction of sp³-hybridized carbons (Fsp3) is 0.360. The summed E-state index contributed by atoms with van der Waals surface area (Å²) in [6.45, 7) is 6.44. The molecule has 188 valence electrons. The summed E-state index contributed by atoms with van der Waals surface area (Å²) in [6, 6.07) is 3.30. The predicted molar refractivity (Wildman–Crippen MR) is 132 cm³/mol. The van der Waals surface area contributed by atoms with Crippen LogP contribution in [0.5, 0.6) is 5.75 Å². The summed E-state index contributed by atoms with van der Waals surface area (Å²) in [5.41, 5.74) is -0.149. The normalized spacial score (nSPS) is 19.8. The number of fused-ring (bicyclic) bond motifs is 1. The van der Waals surface area contributed by atoms with E-state index >= 15 is 0 Å². The van der Waals surface area contributed by atoms with Crippen LogP contribution in [0.15, 0.2) is 41.3 Å². The maximum Gasteiger partial charge on any atom is 0.278 e. The molecule has 2 aromatic heterocycles. The van der Waals surface area contributed by atoms with Crippen LogP contribution in [0, 0.1) is 11.6 Å². The van der Waals surface area contributed by atoms with Crippen LogP contribution >= 0.6 is 11.3 Å². The molecule has 1 unspecified atom stereocenters. The number of pyridine rings is 1. The molecule has 1 aliphatic heterocycles. The van der Waals surface area contributed by atoms with Crippen molar-refractivity contribution in [3.8, 4) is 16.3 Å². The van der Waals surface area contributed by atoms with E-state index in [1.807, 2.05) is 19.0 Å². The number of hydrogen-bond donors (Lipinski definition) is 1. The van der Waals surface area contributed by atoms with Crippen molar-refractivity contribution in [2.24, 2.45) is 0 Å². The topological polar surface area (TPSA) is 91.6 Å². The quantitative estimate of drug-likeness (QED) is 0.534. The van der Waals surface area contributed by atoms with Gasteiger partial charge in [-0.15, -0.1) is 10.2 Å². The van der Waals surface area contributed by atoms with E-state index in [0.717, 1.165) is 48.3 Å². The van der Waals surface area contributed by atoms with Crippen LogP contribution in [-0.2, 0) is 6.42 Å². The number of carbonyl (C=O) groups excluding carboxylic acids is 1. The summed E-state index contributed by atoms with van der Waals surface area (Å²) in [4.78, 5) is 28.4. The van der Waals surface area contributed by atoms with E-state index < -0.39 is 34.4 Å². The van der Waals surface area contributed by atoms with Crippen molar-refractivity contribution in [1.29, 1.82) is 0 Å². The molecule has 8 nitrogen and oxygen atoms in total. The van der Waals surface area contributed by atoms with Crippen LogP contribution in [0.25, 0.3) is 10.6 Å². The highest BCUT2D eigenvalue weighted by molar-refractivity contribution is 7.14. The van der Waals surface area contributed by atoms with Gasteiger partial charge in [-0.05, 0) is 37.8 Å². The average molecular weight is 514 g/mol.